The standard InChI is InChI=1S/C25H25F3N4O2/c26-19-12-21(28)20(27)9-15(19)7-17(11-24(33)32-18(13-29)8-16-10-23(16)32)31-25(34)22(30)6-14-4-2-1-3-5-14/h1-5,9,12,16-18,22-23H,6-8,10-11,30H2,(H,31,34)/t16?,17-,18?,22?,23?/m1/s1. The van der Waals surface area contributed by atoms with Gasteiger partial charge in [0.1, 0.15) is 11.9 Å². The van der Waals surface area contributed by atoms with Gasteiger partial charge in [-0.25, -0.2) is 13.2 Å². The lowest BCUT2D eigenvalue weighted by atomic mass is 10.00. The number of amides is 2. The highest BCUT2D eigenvalue weighted by molar-refractivity contribution is 5.84. The third-order valence-electron chi connectivity index (χ3n) is 6.50. The number of likely N-dealkylation sites (tertiary alicyclic amines) is 1. The van der Waals surface area contributed by atoms with E-state index in [-0.39, 0.29) is 36.8 Å². The van der Waals surface area contributed by atoms with Crippen LogP contribution in [0.5, 0.6) is 0 Å². The Bertz CT molecular complexity index is 1120. The average molecular weight is 470 g/mol. The molecule has 2 aliphatic rings. The Morgan fingerprint density at radius 2 is 1.79 bits per heavy atom. The molecule has 2 aromatic rings. The second-order valence-electron chi connectivity index (χ2n) is 9.01. The van der Waals surface area contributed by atoms with Gasteiger partial charge >= 0.3 is 0 Å². The van der Waals surface area contributed by atoms with E-state index >= 15 is 0 Å². The number of halogens is 3. The topological polar surface area (TPSA) is 99.2 Å². The van der Waals surface area contributed by atoms with E-state index in [1.54, 1.807) is 0 Å². The van der Waals surface area contributed by atoms with Crippen LogP contribution >= 0.6 is 0 Å². The van der Waals surface area contributed by atoms with Crippen LogP contribution in [0.4, 0.5) is 13.2 Å². The Labute approximate surface area is 195 Å². The number of rotatable bonds is 8. The predicted molar refractivity (Wildman–Crippen MR) is 117 cm³/mol. The number of benzene rings is 2. The van der Waals surface area contributed by atoms with E-state index in [1.807, 2.05) is 30.3 Å². The molecular weight excluding hydrogens is 445 g/mol. The number of nitrogens with zero attached hydrogens (tertiary/aromatic N) is 2. The zero-order valence-electron chi connectivity index (χ0n) is 18.4. The summed E-state index contributed by atoms with van der Waals surface area (Å²) in [6.07, 6.45) is 1.24. The molecule has 1 aliphatic heterocycles. The molecule has 4 rings (SSSR count). The van der Waals surface area contributed by atoms with E-state index in [9.17, 15) is 28.0 Å². The summed E-state index contributed by atoms with van der Waals surface area (Å²) in [6.45, 7) is 0. The Kier molecular flexibility index (Phi) is 6.89. The molecule has 5 atom stereocenters. The van der Waals surface area contributed by atoms with Gasteiger partial charge in [0.05, 0.1) is 12.1 Å². The minimum absolute atomic E-state index is 0.00819. The van der Waals surface area contributed by atoms with Crippen LogP contribution in [-0.4, -0.2) is 40.9 Å². The minimum atomic E-state index is -1.32. The number of carbonyl (C=O) groups is 2. The van der Waals surface area contributed by atoms with E-state index < -0.39 is 41.5 Å². The van der Waals surface area contributed by atoms with Gasteiger partial charge in [-0.1, -0.05) is 30.3 Å². The Morgan fingerprint density at radius 3 is 2.50 bits per heavy atom. The summed E-state index contributed by atoms with van der Waals surface area (Å²) in [5, 5.41) is 12.1. The van der Waals surface area contributed by atoms with Gasteiger partial charge < -0.3 is 16.0 Å². The van der Waals surface area contributed by atoms with Crippen LogP contribution in [0.1, 0.15) is 30.4 Å². The lowest BCUT2D eigenvalue weighted by Gasteiger charge is -2.27. The molecule has 1 aliphatic carbocycles. The molecule has 6 nitrogen and oxygen atoms in total. The highest BCUT2D eigenvalue weighted by Crippen LogP contribution is 2.47. The number of fused-ring (bicyclic) bond motifs is 1. The number of hydrogen-bond acceptors (Lipinski definition) is 4. The molecule has 0 bridgehead atoms. The number of nitriles is 1. The number of nitrogens with one attached hydrogen (secondary N) is 1. The van der Waals surface area contributed by atoms with Crippen LogP contribution in [0, 0.1) is 34.7 Å². The van der Waals surface area contributed by atoms with Crippen molar-refractivity contribution in [2.24, 2.45) is 11.7 Å². The van der Waals surface area contributed by atoms with Gasteiger partial charge in [-0.15, -0.1) is 0 Å². The van der Waals surface area contributed by atoms with E-state index in [0.717, 1.165) is 18.1 Å². The molecule has 0 aromatic heterocycles. The molecule has 3 N–H and O–H groups in total. The molecule has 9 heteroatoms. The Morgan fingerprint density at radius 1 is 1.09 bits per heavy atom. The second kappa shape index (κ2) is 9.85. The summed E-state index contributed by atoms with van der Waals surface area (Å²) < 4.78 is 41.4. The first-order valence-corrected chi connectivity index (χ1v) is 11.2. The van der Waals surface area contributed by atoms with Gasteiger partial charge in [0, 0.05) is 24.6 Å². The third kappa shape index (κ3) is 5.23. The predicted octanol–water partition coefficient (Wildman–Crippen LogP) is 2.60. The first-order chi connectivity index (χ1) is 16.3. The van der Waals surface area contributed by atoms with E-state index in [4.69, 9.17) is 5.73 Å². The van der Waals surface area contributed by atoms with Crippen molar-refractivity contribution in [1.29, 1.82) is 5.26 Å². The number of piperidine rings is 1. The van der Waals surface area contributed by atoms with Crippen LogP contribution in [0.25, 0.3) is 0 Å². The minimum Gasteiger partial charge on any atom is -0.351 e. The molecular formula is C25H25F3N4O2. The monoisotopic (exact) mass is 470 g/mol. The molecule has 0 radical (unpaired) electrons. The number of hydrogen-bond donors (Lipinski definition) is 2. The molecule has 34 heavy (non-hydrogen) atoms. The molecule has 2 fully saturated rings. The maximum absolute atomic E-state index is 14.3. The highest BCUT2D eigenvalue weighted by Gasteiger charge is 2.54. The largest absolute Gasteiger partial charge is 0.351 e. The first-order valence-electron chi connectivity index (χ1n) is 11.2. The van der Waals surface area contributed by atoms with Gasteiger partial charge in [0.25, 0.3) is 0 Å². The van der Waals surface area contributed by atoms with Gasteiger partial charge in [0.2, 0.25) is 11.8 Å². The zero-order valence-corrected chi connectivity index (χ0v) is 18.4. The van der Waals surface area contributed by atoms with Gasteiger partial charge in [-0.3, -0.25) is 9.59 Å². The first kappa shape index (κ1) is 23.8. The fourth-order valence-corrected chi connectivity index (χ4v) is 4.68. The quantitative estimate of drug-likeness (QED) is 0.580. The van der Waals surface area contributed by atoms with Crippen LogP contribution in [0.15, 0.2) is 42.5 Å². The zero-order chi connectivity index (χ0) is 24.4. The lowest BCUT2D eigenvalue weighted by Crippen LogP contribution is -2.49. The maximum atomic E-state index is 14.3. The van der Waals surface area contributed by atoms with Gasteiger partial charge in [0.15, 0.2) is 11.6 Å². The van der Waals surface area contributed by atoms with Crippen molar-refractivity contribution in [2.45, 2.75) is 56.3 Å². The van der Waals surface area contributed by atoms with E-state index in [1.165, 1.54) is 4.90 Å². The molecule has 2 aromatic carbocycles. The van der Waals surface area contributed by atoms with Crippen LogP contribution < -0.4 is 11.1 Å². The van der Waals surface area contributed by atoms with Gasteiger partial charge in [-0.2, -0.15) is 5.26 Å². The third-order valence-corrected chi connectivity index (χ3v) is 6.50. The van der Waals surface area contributed by atoms with Crippen LogP contribution in [0.2, 0.25) is 0 Å². The van der Waals surface area contributed by atoms with E-state index in [0.29, 0.717) is 18.4 Å². The number of carbonyl (C=O) groups excluding carboxylic acids is 2. The van der Waals surface area contributed by atoms with Crippen molar-refractivity contribution in [2.75, 3.05) is 0 Å². The van der Waals surface area contributed by atoms with Crippen molar-refractivity contribution in [3.8, 4) is 6.07 Å². The van der Waals surface area contributed by atoms with Crippen molar-refractivity contribution >= 4 is 11.8 Å². The fraction of sp³-hybridized carbons (Fsp3) is 0.400. The van der Waals surface area contributed by atoms with Crippen molar-refractivity contribution in [1.82, 2.24) is 10.2 Å². The smallest absolute Gasteiger partial charge is 0.237 e. The van der Waals surface area contributed by atoms with Crippen LogP contribution in [-0.2, 0) is 22.4 Å². The van der Waals surface area contributed by atoms with Crippen LogP contribution in [0.3, 0.4) is 0 Å². The summed E-state index contributed by atoms with van der Waals surface area (Å²) >= 11 is 0. The summed E-state index contributed by atoms with van der Waals surface area (Å²) in [6, 6.07) is 10.1. The summed E-state index contributed by atoms with van der Waals surface area (Å²) in [5.74, 6) is -4.11. The Balaban J connectivity index is 1.50. The normalized spacial score (nSPS) is 22.4. The van der Waals surface area contributed by atoms with Crippen molar-refractivity contribution in [3.05, 3.63) is 71.0 Å². The van der Waals surface area contributed by atoms with Gasteiger partial charge in [-0.05, 0) is 48.8 Å². The summed E-state index contributed by atoms with van der Waals surface area (Å²) in [5.41, 5.74) is 6.73. The van der Waals surface area contributed by atoms with Crippen molar-refractivity contribution < 1.29 is 22.8 Å². The molecule has 1 heterocycles. The van der Waals surface area contributed by atoms with E-state index in [2.05, 4.69) is 11.4 Å². The average Bonchev–Trinajstić information content (AvgIpc) is 3.46. The fourth-order valence-electron chi connectivity index (χ4n) is 4.68. The molecule has 4 unspecified atom stereocenters. The maximum Gasteiger partial charge on any atom is 0.237 e. The van der Waals surface area contributed by atoms with Crippen molar-refractivity contribution in [3.63, 3.8) is 0 Å². The Hall–Kier alpha value is -3.38. The molecule has 1 saturated heterocycles. The lowest BCUT2D eigenvalue weighted by molar-refractivity contribution is -0.133. The summed E-state index contributed by atoms with van der Waals surface area (Å²) in [7, 11) is 0. The summed E-state index contributed by atoms with van der Waals surface area (Å²) in [4.78, 5) is 27.4. The SMILES string of the molecule is N#CC1CC2CC2N1C(=O)C[C@@H](Cc1cc(F)c(F)cc1F)NC(=O)C(N)Cc1ccccc1. The number of nitrogens with two attached hydrogens (primary N) is 1. The molecule has 0 spiro atoms. The molecule has 1 saturated carbocycles. The molecule has 2 amide bonds. The second-order valence-corrected chi connectivity index (χ2v) is 9.01. The molecule has 178 valence electrons. The highest BCUT2D eigenvalue weighted by atomic mass is 19.2.